The quantitative estimate of drug-likeness (QED) is 0.298. The minimum Gasteiger partial charge on any atom is -0.497 e. The van der Waals surface area contributed by atoms with Crippen LogP contribution in [0.15, 0.2) is 70.2 Å². The molecular formula is C25H25BrN2O5. The lowest BCUT2D eigenvalue weighted by Gasteiger charge is -2.14. The number of halogens is 1. The minimum absolute atomic E-state index is 0.344. The first-order chi connectivity index (χ1) is 16.0. The predicted octanol–water partition coefficient (Wildman–Crippen LogP) is 5.21. The Hall–Kier alpha value is -3.52. The molecule has 3 aromatic carbocycles. The van der Waals surface area contributed by atoms with Gasteiger partial charge in [0, 0.05) is 6.07 Å². The summed E-state index contributed by atoms with van der Waals surface area (Å²) in [6, 6.07) is 18.5. The van der Waals surface area contributed by atoms with Crippen LogP contribution in [0.4, 0.5) is 0 Å². The second-order valence-corrected chi connectivity index (χ2v) is 7.66. The van der Waals surface area contributed by atoms with Gasteiger partial charge >= 0.3 is 0 Å². The molecule has 33 heavy (non-hydrogen) atoms. The van der Waals surface area contributed by atoms with Crippen LogP contribution < -0.4 is 24.4 Å². The van der Waals surface area contributed by atoms with Crippen molar-refractivity contribution in [2.24, 2.45) is 5.10 Å². The Morgan fingerprint density at radius 2 is 1.79 bits per heavy atom. The van der Waals surface area contributed by atoms with Crippen LogP contribution in [0.3, 0.4) is 0 Å². The fraction of sp³-hybridized carbons (Fsp3) is 0.200. The summed E-state index contributed by atoms with van der Waals surface area (Å²) in [5.41, 5.74) is 4.63. The lowest BCUT2D eigenvalue weighted by molar-refractivity contribution is 0.0952. The van der Waals surface area contributed by atoms with E-state index in [9.17, 15) is 4.79 Å². The van der Waals surface area contributed by atoms with E-state index in [1.54, 1.807) is 31.4 Å². The molecule has 0 aliphatic heterocycles. The normalized spacial score (nSPS) is 10.7. The monoisotopic (exact) mass is 512 g/mol. The Morgan fingerprint density at radius 1 is 1.00 bits per heavy atom. The molecule has 7 nitrogen and oxygen atoms in total. The van der Waals surface area contributed by atoms with Crippen LogP contribution in [-0.4, -0.2) is 32.9 Å². The average Bonchev–Trinajstić information content (AvgIpc) is 2.83. The Bertz CT molecular complexity index is 1120. The Labute approximate surface area is 201 Å². The smallest absolute Gasteiger partial charge is 0.275 e. The highest BCUT2D eigenvalue weighted by Gasteiger charge is 2.14. The fourth-order valence-corrected chi connectivity index (χ4v) is 3.58. The number of ether oxygens (including phenoxy) is 4. The molecule has 0 fully saturated rings. The minimum atomic E-state index is -0.405. The molecule has 0 bridgehead atoms. The topological polar surface area (TPSA) is 78.4 Å². The molecule has 0 spiro atoms. The molecule has 0 heterocycles. The number of nitrogens with zero attached hydrogens (tertiary/aromatic N) is 1. The van der Waals surface area contributed by atoms with Crippen LogP contribution in [0.25, 0.3) is 0 Å². The summed E-state index contributed by atoms with van der Waals surface area (Å²) in [6.07, 6.45) is 1.53. The molecule has 3 rings (SSSR count). The molecule has 3 aromatic rings. The fourth-order valence-electron chi connectivity index (χ4n) is 3.01. The number of methoxy groups -OCH3 is 2. The van der Waals surface area contributed by atoms with Gasteiger partial charge < -0.3 is 18.9 Å². The lowest BCUT2D eigenvalue weighted by Crippen LogP contribution is -2.18. The van der Waals surface area contributed by atoms with Crippen molar-refractivity contribution in [3.63, 3.8) is 0 Å². The number of rotatable bonds is 10. The van der Waals surface area contributed by atoms with E-state index in [1.165, 1.54) is 13.3 Å². The zero-order valence-corrected chi connectivity index (χ0v) is 20.2. The number of hydrogen-bond donors (Lipinski definition) is 1. The zero-order chi connectivity index (χ0) is 23.6. The number of nitrogens with one attached hydrogen (secondary N) is 1. The maximum absolute atomic E-state index is 12.5. The van der Waals surface area contributed by atoms with Gasteiger partial charge in [0.2, 0.25) is 0 Å². The van der Waals surface area contributed by atoms with Crippen molar-refractivity contribution in [1.82, 2.24) is 5.43 Å². The number of carbonyl (C=O) groups is 1. The van der Waals surface area contributed by atoms with Crippen molar-refractivity contribution in [3.05, 3.63) is 81.8 Å². The Balaban J connectivity index is 1.73. The number of hydrogen-bond acceptors (Lipinski definition) is 6. The first-order valence-corrected chi connectivity index (χ1v) is 11.0. The third-order valence-electron chi connectivity index (χ3n) is 4.59. The highest BCUT2D eigenvalue weighted by molar-refractivity contribution is 9.10. The highest BCUT2D eigenvalue weighted by Crippen LogP contribution is 2.37. The van der Waals surface area contributed by atoms with E-state index in [-0.39, 0.29) is 0 Å². The van der Waals surface area contributed by atoms with E-state index >= 15 is 0 Å². The van der Waals surface area contributed by atoms with Gasteiger partial charge in [0.05, 0.1) is 37.1 Å². The van der Waals surface area contributed by atoms with E-state index in [4.69, 9.17) is 18.9 Å². The molecule has 1 N–H and O–H groups in total. The standard InChI is InChI=1S/C25H25BrN2O5/c1-4-32-23-13-18(12-21(26)24(23)33-16-17-8-6-5-7-9-17)15-27-28-25(29)20-11-10-19(30-2)14-22(20)31-3/h5-15H,4,16H2,1-3H3,(H,28,29)/b27-15-. The molecule has 0 saturated heterocycles. The molecule has 0 aromatic heterocycles. The van der Waals surface area contributed by atoms with E-state index in [1.807, 2.05) is 43.3 Å². The van der Waals surface area contributed by atoms with Crippen LogP contribution in [0.1, 0.15) is 28.4 Å². The Kier molecular flexibility index (Phi) is 8.71. The molecule has 0 aliphatic rings. The van der Waals surface area contributed by atoms with Crippen LogP contribution in [-0.2, 0) is 6.61 Å². The molecule has 1 amide bonds. The maximum Gasteiger partial charge on any atom is 0.275 e. The summed E-state index contributed by atoms with van der Waals surface area (Å²) in [5, 5.41) is 4.07. The average molecular weight is 513 g/mol. The second-order valence-electron chi connectivity index (χ2n) is 6.80. The molecule has 172 valence electrons. The molecule has 0 aliphatic carbocycles. The van der Waals surface area contributed by atoms with Crippen LogP contribution >= 0.6 is 15.9 Å². The van der Waals surface area contributed by atoms with E-state index < -0.39 is 5.91 Å². The first-order valence-electron chi connectivity index (χ1n) is 10.2. The van der Waals surface area contributed by atoms with Gasteiger partial charge in [0.15, 0.2) is 11.5 Å². The summed E-state index contributed by atoms with van der Waals surface area (Å²) in [6.45, 7) is 2.79. The van der Waals surface area contributed by atoms with Gasteiger partial charge in [-0.2, -0.15) is 5.10 Å². The Morgan fingerprint density at radius 3 is 2.48 bits per heavy atom. The van der Waals surface area contributed by atoms with Gasteiger partial charge in [0.25, 0.3) is 5.91 Å². The summed E-state index contributed by atoms with van der Waals surface area (Å²) < 4.78 is 22.9. The van der Waals surface area contributed by atoms with E-state index in [0.29, 0.717) is 46.2 Å². The van der Waals surface area contributed by atoms with Crippen molar-refractivity contribution in [3.8, 4) is 23.0 Å². The molecule has 0 saturated carbocycles. The van der Waals surface area contributed by atoms with Gasteiger partial charge in [-0.25, -0.2) is 5.43 Å². The van der Waals surface area contributed by atoms with Gasteiger partial charge in [-0.1, -0.05) is 30.3 Å². The summed E-state index contributed by atoms with van der Waals surface area (Å²) in [5.74, 6) is 1.76. The van der Waals surface area contributed by atoms with Gasteiger partial charge in [0.1, 0.15) is 18.1 Å². The largest absolute Gasteiger partial charge is 0.497 e. The van der Waals surface area contributed by atoms with Crippen molar-refractivity contribution >= 4 is 28.1 Å². The third kappa shape index (κ3) is 6.49. The van der Waals surface area contributed by atoms with Crippen molar-refractivity contribution in [1.29, 1.82) is 0 Å². The lowest BCUT2D eigenvalue weighted by atomic mass is 10.2. The van der Waals surface area contributed by atoms with Crippen LogP contribution in [0.5, 0.6) is 23.0 Å². The molecule has 0 atom stereocenters. The number of amides is 1. The molecule has 0 unspecified atom stereocenters. The summed E-state index contributed by atoms with van der Waals surface area (Å²) >= 11 is 3.55. The van der Waals surface area contributed by atoms with Gasteiger partial charge in [-0.05, 0) is 58.2 Å². The zero-order valence-electron chi connectivity index (χ0n) is 18.6. The summed E-state index contributed by atoms with van der Waals surface area (Å²) in [7, 11) is 3.04. The number of carbonyl (C=O) groups excluding carboxylic acids is 1. The van der Waals surface area contributed by atoms with Crippen LogP contribution in [0.2, 0.25) is 0 Å². The van der Waals surface area contributed by atoms with Crippen LogP contribution in [0, 0.1) is 0 Å². The van der Waals surface area contributed by atoms with E-state index in [0.717, 1.165) is 11.1 Å². The van der Waals surface area contributed by atoms with Gasteiger partial charge in [-0.3, -0.25) is 4.79 Å². The van der Waals surface area contributed by atoms with Gasteiger partial charge in [-0.15, -0.1) is 0 Å². The maximum atomic E-state index is 12.5. The summed E-state index contributed by atoms with van der Waals surface area (Å²) in [4.78, 5) is 12.5. The SMILES string of the molecule is CCOc1cc(/C=N\NC(=O)c2ccc(OC)cc2OC)cc(Br)c1OCc1ccccc1. The molecule has 8 heteroatoms. The number of benzene rings is 3. The molecule has 0 radical (unpaired) electrons. The van der Waals surface area contributed by atoms with Crippen molar-refractivity contribution in [2.75, 3.05) is 20.8 Å². The first kappa shape index (κ1) is 24.1. The highest BCUT2D eigenvalue weighted by atomic mass is 79.9. The molecular weight excluding hydrogens is 488 g/mol. The number of hydrazone groups is 1. The van der Waals surface area contributed by atoms with Crippen molar-refractivity contribution in [2.45, 2.75) is 13.5 Å². The third-order valence-corrected chi connectivity index (χ3v) is 5.18. The predicted molar refractivity (Wildman–Crippen MR) is 131 cm³/mol. The second kappa shape index (κ2) is 11.9. The van der Waals surface area contributed by atoms with E-state index in [2.05, 4.69) is 26.5 Å². The van der Waals surface area contributed by atoms with Crippen molar-refractivity contribution < 1.29 is 23.7 Å².